The van der Waals surface area contributed by atoms with Gasteiger partial charge in [-0.1, -0.05) is 0 Å². The standard InChI is InChI=1S/C19H13F4N5O2S/c1-11-5-14(20)15(6-16(11)31(30)9-19(21,22)23)27-10-25-17-13(18(27)29)8-28(26-17)12-3-2-4-24-7-12/h2-8,10H,9H2,1H3. The summed E-state index contributed by atoms with van der Waals surface area (Å²) in [4.78, 5) is 20.8. The van der Waals surface area contributed by atoms with Crippen LogP contribution in [-0.2, 0) is 11.2 Å². The van der Waals surface area contributed by atoms with E-state index < -0.39 is 34.5 Å². The molecule has 0 fully saturated rings. The lowest BCUT2D eigenvalue weighted by atomic mass is 10.2. The molecule has 31 heavy (non-hydrogen) atoms. The topological polar surface area (TPSA) is 88.7 Å². The first kappa shape index (κ1) is 21.0. The molecule has 0 spiro atoms. The Balaban J connectivity index is 1.82. The van der Waals surface area contributed by atoms with Crippen LogP contribution in [0.4, 0.5) is 17.6 Å². The van der Waals surface area contributed by atoms with Gasteiger partial charge in [0.2, 0.25) is 5.75 Å². The van der Waals surface area contributed by atoms with Gasteiger partial charge in [0.1, 0.15) is 17.5 Å². The first-order chi connectivity index (χ1) is 14.6. The lowest BCUT2D eigenvalue weighted by molar-refractivity contribution is -0.106. The molecular weight excluding hydrogens is 438 g/mol. The summed E-state index contributed by atoms with van der Waals surface area (Å²) in [7, 11) is 0. The Morgan fingerprint density at radius 1 is 1.26 bits per heavy atom. The van der Waals surface area contributed by atoms with Crippen LogP contribution in [0.2, 0.25) is 0 Å². The van der Waals surface area contributed by atoms with Crippen molar-refractivity contribution < 1.29 is 22.1 Å². The van der Waals surface area contributed by atoms with Crippen LogP contribution < -0.4 is 5.56 Å². The molecule has 0 aliphatic heterocycles. The van der Waals surface area contributed by atoms with Gasteiger partial charge in [-0.15, -0.1) is 5.10 Å². The highest BCUT2D eigenvalue weighted by atomic mass is 32.2. The van der Waals surface area contributed by atoms with Gasteiger partial charge >= 0.3 is 6.18 Å². The van der Waals surface area contributed by atoms with E-state index >= 15 is 0 Å². The van der Waals surface area contributed by atoms with Crippen molar-refractivity contribution in [3.63, 3.8) is 0 Å². The number of pyridine rings is 1. The van der Waals surface area contributed by atoms with Crippen LogP contribution >= 0.6 is 0 Å². The normalized spacial score (nSPS) is 13.0. The molecule has 0 saturated carbocycles. The molecule has 0 N–H and O–H groups in total. The second-order valence-electron chi connectivity index (χ2n) is 6.62. The van der Waals surface area contributed by atoms with Gasteiger partial charge in [0.15, 0.2) is 10.5 Å². The number of rotatable bonds is 4. The quantitative estimate of drug-likeness (QED) is 0.352. The molecule has 7 nitrogen and oxygen atoms in total. The molecule has 0 amide bonds. The number of fused-ring (bicyclic) bond motifs is 1. The van der Waals surface area contributed by atoms with Gasteiger partial charge in [0.25, 0.3) is 5.56 Å². The van der Waals surface area contributed by atoms with E-state index in [9.17, 15) is 26.9 Å². The zero-order valence-electron chi connectivity index (χ0n) is 15.8. The first-order valence-corrected chi connectivity index (χ1v) is 10.1. The number of benzene rings is 1. The van der Waals surface area contributed by atoms with Gasteiger partial charge < -0.3 is 4.55 Å². The number of hydrogen-bond donors (Lipinski definition) is 0. The molecule has 0 bridgehead atoms. The number of aryl methyl sites for hydroxylation is 1. The molecule has 0 aliphatic rings. The Morgan fingerprint density at radius 2 is 2.03 bits per heavy atom. The number of halogens is 4. The third kappa shape index (κ3) is 4.16. The highest BCUT2D eigenvalue weighted by Gasteiger charge is 2.36. The van der Waals surface area contributed by atoms with Gasteiger partial charge in [0, 0.05) is 24.0 Å². The fourth-order valence-electron chi connectivity index (χ4n) is 3.00. The van der Waals surface area contributed by atoms with Gasteiger partial charge in [-0.25, -0.2) is 14.1 Å². The minimum absolute atomic E-state index is 0.0595. The van der Waals surface area contributed by atoms with Crippen molar-refractivity contribution in [3.8, 4) is 11.4 Å². The maximum absolute atomic E-state index is 14.6. The van der Waals surface area contributed by atoms with Crippen molar-refractivity contribution in [2.24, 2.45) is 0 Å². The van der Waals surface area contributed by atoms with Crippen molar-refractivity contribution in [2.75, 3.05) is 5.75 Å². The highest BCUT2D eigenvalue weighted by Crippen LogP contribution is 2.27. The van der Waals surface area contributed by atoms with E-state index in [0.29, 0.717) is 5.69 Å². The predicted octanol–water partition coefficient (Wildman–Crippen LogP) is 3.08. The molecule has 1 unspecified atom stereocenters. The SMILES string of the molecule is Cc1cc(F)c(-n2cnc3nn(-c4cccnc4)cc3c2=O)cc1[S+]([O-])CC(F)(F)F. The average molecular weight is 451 g/mol. The van der Waals surface area contributed by atoms with Crippen LogP contribution in [0.1, 0.15) is 5.56 Å². The third-order valence-electron chi connectivity index (χ3n) is 4.39. The van der Waals surface area contributed by atoms with Crippen LogP contribution in [-0.4, -0.2) is 40.8 Å². The predicted molar refractivity (Wildman–Crippen MR) is 104 cm³/mol. The number of hydrogen-bond acceptors (Lipinski definition) is 5. The molecule has 0 saturated heterocycles. The summed E-state index contributed by atoms with van der Waals surface area (Å²) >= 11 is -2.46. The fraction of sp³-hybridized carbons (Fsp3) is 0.158. The summed E-state index contributed by atoms with van der Waals surface area (Å²) in [6.07, 6.45) is 0.844. The van der Waals surface area contributed by atoms with E-state index in [1.165, 1.54) is 24.0 Å². The van der Waals surface area contributed by atoms with E-state index in [0.717, 1.165) is 23.0 Å². The van der Waals surface area contributed by atoms with E-state index in [1.54, 1.807) is 18.3 Å². The Kier molecular flexibility index (Phi) is 5.27. The van der Waals surface area contributed by atoms with Gasteiger partial charge in [0.05, 0.1) is 17.6 Å². The molecular formula is C19H13F4N5O2S. The molecule has 4 rings (SSSR count). The molecule has 1 atom stereocenters. The van der Waals surface area contributed by atoms with Crippen molar-refractivity contribution in [1.82, 2.24) is 24.3 Å². The highest BCUT2D eigenvalue weighted by molar-refractivity contribution is 7.91. The zero-order chi connectivity index (χ0) is 22.3. The molecule has 4 aromatic rings. The number of alkyl halides is 3. The van der Waals surface area contributed by atoms with Crippen LogP contribution in [0, 0.1) is 12.7 Å². The van der Waals surface area contributed by atoms with E-state index in [2.05, 4.69) is 15.1 Å². The molecule has 160 valence electrons. The van der Waals surface area contributed by atoms with Gasteiger partial charge in [-0.2, -0.15) is 13.2 Å². The molecule has 0 radical (unpaired) electrons. The van der Waals surface area contributed by atoms with E-state index in [1.807, 2.05) is 0 Å². The largest absolute Gasteiger partial charge is 0.611 e. The molecule has 0 aliphatic carbocycles. The third-order valence-corrected chi connectivity index (χ3v) is 5.91. The molecule has 3 aromatic heterocycles. The van der Waals surface area contributed by atoms with Crippen LogP contribution in [0.3, 0.4) is 0 Å². The molecule has 1 aromatic carbocycles. The minimum atomic E-state index is -4.66. The van der Waals surface area contributed by atoms with Crippen molar-refractivity contribution in [1.29, 1.82) is 0 Å². The Morgan fingerprint density at radius 3 is 2.71 bits per heavy atom. The summed E-state index contributed by atoms with van der Waals surface area (Å²) in [5.41, 5.74) is -0.299. The monoisotopic (exact) mass is 451 g/mol. The summed E-state index contributed by atoms with van der Waals surface area (Å²) in [6.45, 7) is 1.35. The van der Waals surface area contributed by atoms with Crippen molar-refractivity contribution in [3.05, 3.63) is 70.9 Å². The second kappa shape index (κ2) is 7.78. The van der Waals surface area contributed by atoms with E-state index in [-0.39, 0.29) is 27.2 Å². The summed E-state index contributed by atoms with van der Waals surface area (Å²) in [6, 6.07) is 5.30. The Labute approximate surface area is 175 Å². The van der Waals surface area contributed by atoms with Gasteiger partial charge in [-0.3, -0.25) is 14.3 Å². The van der Waals surface area contributed by atoms with Crippen LogP contribution in [0.5, 0.6) is 0 Å². The van der Waals surface area contributed by atoms with Crippen LogP contribution in [0.25, 0.3) is 22.4 Å². The number of aromatic nitrogens is 5. The zero-order valence-corrected chi connectivity index (χ0v) is 16.6. The van der Waals surface area contributed by atoms with Gasteiger partial charge in [-0.05, 0) is 36.3 Å². The summed E-state index contributed by atoms with van der Waals surface area (Å²) in [5, 5.41) is 4.25. The summed E-state index contributed by atoms with van der Waals surface area (Å²) in [5.74, 6) is -2.45. The first-order valence-electron chi connectivity index (χ1n) is 8.77. The lowest BCUT2D eigenvalue weighted by Crippen LogP contribution is -2.24. The van der Waals surface area contributed by atoms with E-state index in [4.69, 9.17) is 0 Å². The maximum atomic E-state index is 14.6. The lowest BCUT2D eigenvalue weighted by Gasteiger charge is -2.16. The molecule has 3 heterocycles. The number of nitrogens with zero attached hydrogens (tertiary/aromatic N) is 5. The Bertz CT molecular complexity index is 1320. The summed E-state index contributed by atoms with van der Waals surface area (Å²) < 4.78 is 67.0. The second-order valence-corrected chi connectivity index (χ2v) is 8.04. The average Bonchev–Trinajstić information content (AvgIpc) is 3.14. The fourth-order valence-corrected chi connectivity index (χ4v) is 4.11. The Hall–Kier alpha value is -3.25. The van der Waals surface area contributed by atoms with Crippen molar-refractivity contribution >= 4 is 22.2 Å². The smallest absolute Gasteiger partial charge is 0.433 e. The van der Waals surface area contributed by atoms with Crippen LogP contribution in [0.15, 0.2) is 58.9 Å². The van der Waals surface area contributed by atoms with Crippen molar-refractivity contribution in [2.45, 2.75) is 18.0 Å². The maximum Gasteiger partial charge on any atom is 0.433 e. The molecule has 12 heteroatoms. The minimum Gasteiger partial charge on any atom is -0.611 e.